The van der Waals surface area contributed by atoms with Crippen LogP contribution in [0.1, 0.15) is 53.7 Å². The van der Waals surface area contributed by atoms with E-state index in [1.807, 2.05) is 34.1 Å². The van der Waals surface area contributed by atoms with E-state index in [2.05, 4.69) is 15.4 Å². The van der Waals surface area contributed by atoms with Crippen molar-refractivity contribution in [1.29, 1.82) is 0 Å². The van der Waals surface area contributed by atoms with Crippen LogP contribution in [0.2, 0.25) is 0 Å². The molecule has 0 saturated carbocycles. The average Bonchev–Trinajstić information content (AvgIpc) is 3.41. The SMILES string of the molecule is O=C(c1ccn(C2CCCNC2)n1)N1CCC(c2c[nH]c3cc(F)ccc23)CC1. The highest BCUT2D eigenvalue weighted by atomic mass is 19.1. The number of H-pyrrole nitrogens is 1. The van der Waals surface area contributed by atoms with Crippen molar-refractivity contribution < 1.29 is 9.18 Å². The van der Waals surface area contributed by atoms with Gasteiger partial charge in [0.1, 0.15) is 11.5 Å². The van der Waals surface area contributed by atoms with Crippen LogP contribution in [0.25, 0.3) is 10.9 Å². The topological polar surface area (TPSA) is 66.0 Å². The lowest BCUT2D eigenvalue weighted by atomic mass is 9.89. The zero-order valence-corrected chi connectivity index (χ0v) is 16.4. The molecule has 2 N–H and O–H groups in total. The first-order chi connectivity index (χ1) is 14.2. The fourth-order valence-corrected chi connectivity index (χ4v) is 4.73. The highest BCUT2D eigenvalue weighted by Crippen LogP contribution is 2.33. The summed E-state index contributed by atoms with van der Waals surface area (Å²) in [5.74, 6) is 0.172. The summed E-state index contributed by atoms with van der Waals surface area (Å²) < 4.78 is 15.4. The van der Waals surface area contributed by atoms with Gasteiger partial charge in [-0.15, -0.1) is 0 Å². The van der Waals surface area contributed by atoms with E-state index in [1.165, 1.54) is 17.7 Å². The Morgan fingerprint density at radius 2 is 2.03 bits per heavy atom. The smallest absolute Gasteiger partial charge is 0.274 e. The molecule has 0 radical (unpaired) electrons. The molecule has 2 aromatic heterocycles. The predicted molar refractivity (Wildman–Crippen MR) is 110 cm³/mol. The normalized spacial score (nSPS) is 21.0. The molecular formula is C22H26FN5O. The Morgan fingerprint density at radius 1 is 1.17 bits per heavy atom. The number of aromatic amines is 1. The fourth-order valence-electron chi connectivity index (χ4n) is 4.73. The first-order valence-corrected chi connectivity index (χ1v) is 10.5. The third-order valence-electron chi connectivity index (χ3n) is 6.37. The number of nitrogens with zero attached hydrogens (tertiary/aromatic N) is 3. The molecule has 7 heteroatoms. The Labute approximate surface area is 169 Å². The number of hydrogen-bond donors (Lipinski definition) is 2. The number of rotatable bonds is 3. The van der Waals surface area contributed by atoms with Crippen molar-refractivity contribution in [3.05, 3.63) is 53.7 Å². The molecule has 6 nitrogen and oxygen atoms in total. The van der Waals surface area contributed by atoms with Crippen molar-refractivity contribution in [3.63, 3.8) is 0 Å². The summed E-state index contributed by atoms with van der Waals surface area (Å²) in [7, 11) is 0. The van der Waals surface area contributed by atoms with Crippen molar-refractivity contribution in [2.24, 2.45) is 0 Å². The number of piperidine rings is 2. The number of aromatic nitrogens is 3. The second-order valence-electron chi connectivity index (χ2n) is 8.18. The highest BCUT2D eigenvalue weighted by molar-refractivity contribution is 5.92. The Hall–Kier alpha value is -2.67. The number of fused-ring (bicyclic) bond motifs is 1. The number of likely N-dealkylation sites (tertiary alicyclic amines) is 1. The van der Waals surface area contributed by atoms with E-state index < -0.39 is 0 Å². The zero-order valence-electron chi connectivity index (χ0n) is 16.4. The van der Waals surface area contributed by atoms with Gasteiger partial charge in [0, 0.05) is 42.9 Å². The minimum atomic E-state index is -0.227. The number of carbonyl (C=O) groups is 1. The third kappa shape index (κ3) is 3.55. The average molecular weight is 395 g/mol. The minimum absolute atomic E-state index is 0.0203. The zero-order chi connectivity index (χ0) is 19.8. The van der Waals surface area contributed by atoms with Crippen LogP contribution in [0.4, 0.5) is 4.39 Å². The van der Waals surface area contributed by atoms with Gasteiger partial charge in [0.15, 0.2) is 0 Å². The molecule has 5 rings (SSSR count). The molecule has 2 aliphatic rings. The minimum Gasteiger partial charge on any atom is -0.361 e. The fraction of sp³-hybridized carbons (Fsp3) is 0.455. The van der Waals surface area contributed by atoms with Gasteiger partial charge < -0.3 is 15.2 Å². The summed E-state index contributed by atoms with van der Waals surface area (Å²) in [6, 6.07) is 7.08. The van der Waals surface area contributed by atoms with Gasteiger partial charge >= 0.3 is 0 Å². The number of hydrogen-bond acceptors (Lipinski definition) is 3. The van der Waals surface area contributed by atoms with Gasteiger partial charge in [0.05, 0.1) is 6.04 Å². The molecule has 0 aliphatic carbocycles. The summed E-state index contributed by atoms with van der Waals surface area (Å²) in [4.78, 5) is 18.0. The molecule has 1 unspecified atom stereocenters. The first-order valence-electron chi connectivity index (χ1n) is 10.5. The standard InChI is InChI=1S/C22H26FN5O/c23-16-3-4-18-19(14-25-21(18)12-16)15-5-9-27(10-6-15)22(29)20-7-11-28(26-20)17-2-1-8-24-13-17/h3-4,7,11-12,14-15,17,24-25H,1-2,5-6,8-10,13H2. The van der Waals surface area contributed by atoms with Crippen molar-refractivity contribution in [2.45, 2.75) is 37.6 Å². The van der Waals surface area contributed by atoms with Crippen LogP contribution in [-0.2, 0) is 0 Å². The highest BCUT2D eigenvalue weighted by Gasteiger charge is 2.27. The molecule has 2 aliphatic heterocycles. The third-order valence-corrected chi connectivity index (χ3v) is 6.37. The first kappa shape index (κ1) is 18.4. The molecule has 2 saturated heterocycles. The van der Waals surface area contributed by atoms with E-state index in [4.69, 9.17) is 0 Å². The van der Waals surface area contributed by atoms with Gasteiger partial charge in [0.2, 0.25) is 0 Å². The van der Waals surface area contributed by atoms with E-state index in [9.17, 15) is 9.18 Å². The van der Waals surface area contributed by atoms with E-state index in [0.29, 0.717) is 17.7 Å². The maximum absolute atomic E-state index is 13.4. The molecule has 1 amide bonds. The van der Waals surface area contributed by atoms with Crippen LogP contribution in [-0.4, -0.2) is 51.8 Å². The lowest BCUT2D eigenvalue weighted by Gasteiger charge is -2.31. The molecule has 29 heavy (non-hydrogen) atoms. The summed E-state index contributed by atoms with van der Waals surface area (Å²) in [5.41, 5.74) is 2.60. The molecule has 1 aromatic carbocycles. The van der Waals surface area contributed by atoms with Crippen molar-refractivity contribution >= 4 is 16.8 Å². The monoisotopic (exact) mass is 395 g/mol. The Balaban J connectivity index is 1.24. The van der Waals surface area contributed by atoms with E-state index >= 15 is 0 Å². The predicted octanol–water partition coefficient (Wildman–Crippen LogP) is 3.45. The summed E-state index contributed by atoms with van der Waals surface area (Å²) in [6.07, 6.45) is 7.98. The quantitative estimate of drug-likeness (QED) is 0.714. The van der Waals surface area contributed by atoms with Crippen molar-refractivity contribution in [3.8, 4) is 0 Å². The van der Waals surface area contributed by atoms with Gasteiger partial charge in [-0.05, 0) is 68.0 Å². The Bertz CT molecular complexity index is 1010. The van der Waals surface area contributed by atoms with Crippen LogP contribution in [0.15, 0.2) is 36.7 Å². The van der Waals surface area contributed by atoms with Crippen LogP contribution in [0.5, 0.6) is 0 Å². The summed E-state index contributed by atoms with van der Waals surface area (Å²) >= 11 is 0. The number of amides is 1. The molecular weight excluding hydrogens is 369 g/mol. The maximum Gasteiger partial charge on any atom is 0.274 e. The van der Waals surface area contributed by atoms with Crippen molar-refractivity contribution in [2.75, 3.05) is 26.2 Å². The Kier molecular flexibility index (Phi) is 4.83. The maximum atomic E-state index is 13.4. The van der Waals surface area contributed by atoms with E-state index in [1.54, 1.807) is 0 Å². The van der Waals surface area contributed by atoms with Crippen LogP contribution < -0.4 is 5.32 Å². The van der Waals surface area contributed by atoms with E-state index in [-0.39, 0.29) is 11.7 Å². The molecule has 152 valence electrons. The molecule has 3 aromatic rings. The van der Waals surface area contributed by atoms with Crippen LogP contribution in [0.3, 0.4) is 0 Å². The number of carbonyl (C=O) groups excluding carboxylic acids is 1. The van der Waals surface area contributed by atoms with Gasteiger partial charge in [0.25, 0.3) is 5.91 Å². The second kappa shape index (κ2) is 7.63. The van der Waals surface area contributed by atoms with Gasteiger partial charge in [-0.3, -0.25) is 9.48 Å². The summed E-state index contributed by atoms with van der Waals surface area (Å²) in [5, 5.41) is 9.04. The lowest BCUT2D eigenvalue weighted by Crippen LogP contribution is -2.38. The summed E-state index contributed by atoms with van der Waals surface area (Å²) in [6.45, 7) is 3.41. The van der Waals surface area contributed by atoms with Crippen LogP contribution in [0, 0.1) is 5.82 Å². The molecule has 0 spiro atoms. The second-order valence-corrected chi connectivity index (χ2v) is 8.18. The van der Waals surface area contributed by atoms with Gasteiger partial charge in [-0.25, -0.2) is 4.39 Å². The molecule has 4 heterocycles. The lowest BCUT2D eigenvalue weighted by molar-refractivity contribution is 0.0706. The Morgan fingerprint density at radius 3 is 2.83 bits per heavy atom. The van der Waals surface area contributed by atoms with Gasteiger partial charge in [-0.2, -0.15) is 5.10 Å². The number of halogens is 1. The molecule has 0 bridgehead atoms. The number of benzene rings is 1. The van der Waals surface area contributed by atoms with Crippen LogP contribution >= 0.6 is 0 Å². The van der Waals surface area contributed by atoms with E-state index in [0.717, 1.165) is 62.8 Å². The molecule has 2 fully saturated rings. The molecule has 1 atom stereocenters. The largest absolute Gasteiger partial charge is 0.361 e. The van der Waals surface area contributed by atoms with Crippen molar-refractivity contribution in [1.82, 2.24) is 25.0 Å². The number of nitrogens with one attached hydrogen (secondary N) is 2. The van der Waals surface area contributed by atoms with Gasteiger partial charge in [-0.1, -0.05) is 0 Å².